The second-order valence-electron chi connectivity index (χ2n) is 8.16. The van der Waals surface area contributed by atoms with Crippen LogP contribution in [0.2, 0.25) is 0 Å². The fourth-order valence-corrected chi connectivity index (χ4v) is 3.44. The van der Waals surface area contributed by atoms with Gasteiger partial charge >= 0.3 is 11.6 Å². The molecule has 0 saturated heterocycles. The highest BCUT2D eigenvalue weighted by Gasteiger charge is 2.20. The minimum absolute atomic E-state index is 0.0818. The summed E-state index contributed by atoms with van der Waals surface area (Å²) in [5.74, 6) is -0.307. The topological polar surface area (TPSA) is 94.8 Å². The molecule has 168 valence electrons. The van der Waals surface area contributed by atoms with Crippen molar-refractivity contribution in [3.63, 3.8) is 0 Å². The summed E-state index contributed by atoms with van der Waals surface area (Å²) in [6, 6.07) is 11.6. The first-order valence-electron chi connectivity index (χ1n) is 10.1. The van der Waals surface area contributed by atoms with E-state index in [0.717, 1.165) is 10.0 Å². The highest BCUT2D eigenvalue weighted by Crippen LogP contribution is 2.33. The summed E-state index contributed by atoms with van der Waals surface area (Å²) in [7, 11) is 0. The van der Waals surface area contributed by atoms with Gasteiger partial charge in [-0.05, 0) is 48.7 Å². The van der Waals surface area contributed by atoms with Crippen molar-refractivity contribution in [2.24, 2.45) is 0 Å². The lowest BCUT2D eigenvalue weighted by Gasteiger charge is -2.23. The second kappa shape index (κ2) is 9.56. The van der Waals surface area contributed by atoms with Gasteiger partial charge in [0.2, 0.25) is 0 Å². The van der Waals surface area contributed by atoms with E-state index < -0.39 is 17.5 Å². The van der Waals surface area contributed by atoms with E-state index in [9.17, 15) is 14.4 Å². The standard InChI is InChI=1S/C24H24BrNO6/c1-5-26-22(28)17-10-14-6-8-16(12-20(14)32-23(17)29)31-21(27)13-30-19-9-7-15(25)11-18(19)24(2,3)4/h6-12H,5,13H2,1-4H3,(H,26,28). The first kappa shape index (κ1) is 23.5. The van der Waals surface area contributed by atoms with E-state index in [1.165, 1.54) is 12.1 Å². The number of halogens is 1. The van der Waals surface area contributed by atoms with Crippen LogP contribution < -0.4 is 20.4 Å². The van der Waals surface area contributed by atoms with Gasteiger partial charge in [-0.25, -0.2) is 9.59 Å². The van der Waals surface area contributed by atoms with Crippen LogP contribution >= 0.6 is 15.9 Å². The first-order chi connectivity index (χ1) is 15.1. The molecule has 0 bridgehead atoms. The van der Waals surface area contributed by atoms with Gasteiger partial charge in [0.15, 0.2) is 6.61 Å². The number of fused-ring (bicyclic) bond motifs is 1. The Morgan fingerprint density at radius 2 is 1.84 bits per heavy atom. The third-order valence-corrected chi connectivity index (χ3v) is 5.11. The lowest BCUT2D eigenvalue weighted by Crippen LogP contribution is -2.27. The Kier molecular flexibility index (Phi) is 7.03. The van der Waals surface area contributed by atoms with Crippen molar-refractivity contribution in [1.29, 1.82) is 0 Å². The Morgan fingerprint density at radius 1 is 1.09 bits per heavy atom. The quantitative estimate of drug-likeness (QED) is 0.301. The van der Waals surface area contributed by atoms with E-state index in [0.29, 0.717) is 17.7 Å². The van der Waals surface area contributed by atoms with Crippen molar-refractivity contribution in [3.8, 4) is 11.5 Å². The van der Waals surface area contributed by atoms with E-state index in [-0.39, 0.29) is 28.9 Å². The van der Waals surface area contributed by atoms with Crippen LogP contribution in [0.1, 0.15) is 43.6 Å². The number of ether oxygens (including phenoxy) is 2. The zero-order valence-corrected chi connectivity index (χ0v) is 19.9. The van der Waals surface area contributed by atoms with E-state index in [1.54, 1.807) is 25.1 Å². The normalized spacial score (nSPS) is 11.3. The Bertz CT molecular complexity index is 1230. The molecule has 1 N–H and O–H groups in total. The first-order valence-corrected chi connectivity index (χ1v) is 10.9. The number of benzene rings is 2. The summed E-state index contributed by atoms with van der Waals surface area (Å²) in [5.41, 5.74) is 0.139. The molecular formula is C24H24BrNO6. The Hall–Kier alpha value is -3.13. The molecule has 0 aliphatic carbocycles. The number of hydrogen-bond donors (Lipinski definition) is 1. The zero-order valence-electron chi connectivity index (χ0n) is 18.3. The van der Waals surface area contributed by atoms with Crippen LogP contribution in [0.4, 0.5) is 0 Å². The van der Waals surface area contributed by atoms with E-state index in [4.69, 9.17) is 13.9 Å². The number of carbonyl (C=O) groups excluding carboxylic acids is 2. The van der Waals surface area contributed by atoms with E-state index in [2.05, 4.69) is 42.0 Å². The molecule has 0 unspecified atom stereocenters. The van der Waals surface area contributed by atoms with Crippen molar-refractivity contribution >= 4 is 38.8 Å². The van der Waals surface area contributed by atoms with E-state index in [1.807, 2.05) is 12.1 Å². The summed E-state index contributed by atoms with van der Waals surface area (Å²) in [5, 5.41) is 3.10. The summed E-state index contributed by atoms with van der Waals surface area (Å²) >= 11 is 3.46. The van der Waals surface area contributed by atoms with Crippen LogP contribution in [0.3, 0.4) is 0 Å². The Morgan fingerprint density at radius 3 is 2.53 bits per heavy atom. The molecule has 8 heteroatoms. The Labute approximate surface area is 193 Å². The van der Waals surface area contributed by atoms with Crippen LogP contribution in [0.15, 0.2) is 56.1 Å². The maximum atomic E-state index is 12.3. The smallest absolute Gasteiger partial charge is 0.349 e. The molecule has 0 aliphatic rings. The maximum Gasteiger partial charge on any atom is 0.349 e. The number of nitrogens with one attached hydrogen (secondary N) is 1. The third-order valence-electron chi connectivity index (χ3n) is 4.62. The maximum absolute atomic E-state index is 12.3. The zero-order chi connectivity index (χ0) is 23.5. The molecule has 0 saturated carbocycles. The molecule has 0 aliphatic heterocycles. The third kappa shape index (κ3) is 5.56. The lowest BCUT2D eigenvalue weighted by atomic mass is 9.86. The van der Waals surface area contributed by atoms with Crippen molar-refractivity contribution in [2.45, 2.75) is 33.1 Å². The summed E-state index contributed by atoms with van der Waals surface area (Å²) < 4.78 is 17.2. The molecule has 0 spiro atoms. The molecule has 0 radical (unpaired) electrons. The van der Waals surface area contributed by atoms with Gasteiger partial charge in [0.05, 0.1) is 0 Å². The average Bonchev–Trinajstić information content (AvgIpc) is 2.71. The molecule has 2 aromatic carbocycles. The highest BCUT2D eigenvalue weighted by atomic mass is 79.9. The van der Waals surface area contributed by atoms with Crippen molar-refractivity contribution < 1.29 is 23.5 Å². The van der Waals surface area contributed by atoms with Crippen LogP contribution in [0.25, 0.3) is 11.0 Å². The van der Waals surface area contributed by atoms with Crippen LogP contribution in [0.5, 0.6) is 11.5 Å². The van der Waals surface area contributed by atoms with Crippen LogP contribution in [-0.4, -0.2) is 25.0 Å². The number of carbonyl (C=O) groups is 2. The summed E-state index contributed by atoms with van der Waals surface area (Å²) in [4.78, 5) is 36.4. The predicted octanol–water partition coefficient (Wildman–Crippen LogP) is 4.59. The fraction of sp³-hybridized carbons (Fsp3) is 0.292. The average molecular weight is 502 g/mol. The van der Waals surface area contributed by atoms with Gasteiger partial charge in [0.25, 0.3) is 5.91 Å². The molecule has 0 fully saturated rings. The fourth-order valence-electron chi connectivity index (χ4n) is 3.08. The molecule has 3 aromatic rings. The van der Waals surface area contributed by atoms with Gasteiger partial charge in [-0.15, -0.1) is 0 Å². The second-order valence-corrected chi connectivity index (χ2v) is 9.08. The van der Waals surface area contributed by atoms with Gasteiger partial charge < -0.3 is 19.2 Å². The summed E-state index contributed by atoms with van der Waals surface area (Å²) in [6.45, 7) is 8.03. The molecule has 7 nitrogen and oxygen atoms in total. The SMILES string of the molecule is CCNC(=O)c1cc2ccc(OC(=O)COc3ccc(Br)cc3C(C)(C)C)cc2oc1=O. The predicted molar refractivity (Wildman–Crippen MR) is 124 cm³/mol. The van der Waals surface area contributed by atoms with Crippen LogP contribution in [0, 0.1) is 0 Å². The molecule has 0 atom stereocenters. The van der Waals surface area contributed by atoms with E-state index >= 15 is 0 Å². The Balaban J connectivity index is 1.73. The molecule has 1 heterocycles. The van der Waals surface area contributed by atoms with Crippen molar-refractivity contribution in [2.75, 3.05) is 13.2 Å². The monoisotopic (exact) mass is 501 g/mol. The number of hydrogen-bond acceptors (Lipinski definition) is 6. The largest absolute Gasteiger partial charge is 0.482 e. The number of esters is 1. The van der Waals surface area contributed by atoms with Gasteiger partial charge in [-0.1, -0.05) is 36.7 Å². The molecule has 1 aromatic heterocycles. The van der Waals surface area contributed by atoms with Gasteiger partial charge in [0.1, 0.15) is 22.6 Å². The van der Waals surface area contributed by atoms with Crippen LogP contribution in [-0.2, 0) is 10.2 Å². The van der Waals surface area contributed by atoms with Crippen molar-refractivity contribution in [3.05, 3.63) is 68.5 Å². The number of amides is 1. The minimum atomic E-state index is -0.764. The molecule has 1 amide bonds. The molecular weight excluding hydrogens is 478 g/mol. The minimum Gasteiger partial charge on any atom is -0.482 e. The molecule has 3 rings (SSSR count). The highest BCUT2D eigenvalue weighted by molar-refractivity contribution is 9.10. The van der Waals surface area contributed by atoms with Gasteiger partial charge in [0, 0.05) is 28.0 Å². The van der Waals surface area contributed by atoms with Crippen molar-refractivity contribution in [1.82, 2.24) is 5.32 Å². The van der Waals surface area contributed by atoms with Gasteiger partial charge in [-0.2, -0.15) is 0 Å². The summed E-state index contributed by atoms with van der Waals surface area (Å²) in [6.07, 6.45) is 0. The lowest BCUT2D eigenvalue weighted by molar-refractivity contribution is -0.136. The molecule has 32 heavy (non-hydrogen) atoms. The van der Waals surface area contributed by atoms with Gasteiger partial charge in [-0.3, -0.25) is 4.79 Å². The number of rotatable bonds is 6.